The zero-order valence-electron chi connectivity index (χ0n) is 10.6. The van der Waals surface area contributed by atoms with Gasteiger partial charge in [-0.1, -0.05) is 48.5 Å². The molecule has 94 valence electrons. The first-order valence-corrected chi connectivity index (χ1v) is 6.43. The van der Waals surface area contributed by atoms with Crippen molar-refractivity contribution in [3.05, 3.63) is 59.7 Å². The molecule has 0 saturated carbocycles. The van der Waals surface area contributed by atoms with Crippen LogP contribution < -0.4 is 11.5 Å². The molecule has 4 N–H and O–H groups in total. The van der Waals surface area contributed by atoms with Gasteiger partial charge in [-0.3, -0.25) is 0 Å². The van der Waals surface area contributed by atoms with E-state index in [9.17, 15) is 0 Å². The molecular formula is C16H20N2. The van der Waals surface area contributed by atoms with E-state index in [1.165, 1.54) is 22.3 Å². The second kappa shape index (κ2) is 6.34. The zero-order chi connectivity index (χ0) is 12.8. The van der Waals surface area contributed by atoms with E-state index in [2.05, 4.69) is 48.5 Å². The molecule has 0 spiro atoms. The van der Waals surface area contributed by atoms with Gasteiger partial charge in [-0.2, -0.15) is 0 Å². The van der Waals surface area contributed by atoms with Crippen LogP contribution >= 0.6 is 0 Å². The van der Waals surface area contributed by atoms with Gasteiger partial charge in [0.15, 0.2) is 0 Å². The number of hydrogen-bond acceptors (Lipinski definition) is 2. The summed E-state index contributed by atoms with van der Waals surface area (Å²) in [6, 6.07) is 16.9. The molecule has 0 aliphatic carbocycles. The lowest BCUT2D eigenvalue weighted by Gasteiger charge is -2.13. The second-order valence-electron chi connectivity index (χ2n) is 4.39. The Morgan fingerprint density at radius 3 is 1.39 bits per heavy atom. The molecule has 0 unspecified atom stereocenters. The summed E-state index contributed by atoms with van der Waals surface area (Å²) < 4.78 is 0. The maximum absolute atomic E-state index is 5.68. The fraction of sp³-hybridized carbons (Fsp3) is 0.250. The quantitative estimate of drug-likeness (QED) is 0.843. The predicted octanol–water partition coefficient (Wildman–Crippen LogP) is 2.36. The lowest BCUT2D eigenvalue weighted by atomic mass is 9.93. The summed E-state index contributed by atoms with van der Waals surface area (Å²) >= 11 is 0. The van der Waals surface area contributed by atoms with Crippen molar-refractivity contribution in [1.29, 1.82) is 0 Å². The Balaban J connectivity index is 2.47. The molecule has 0 aliphatic heterocycles. The van der Waals surface area contributed by atoms with E-state index in [0.717, 1.165) is 12.8 Å². The Labute approximate surface area is 109 Å². The first-order valence-electron chi connectivity index (χ1n) is 6.43. The van der Waals surface area contributed by atoms with Crippen LogP contribution in [0.3, 0.4) is 0 Å². The summed E-state index contributed by atoms with van der Waals surface area (Å²) in [5.41, 5.74) is 16.6. The van der Waals surface area contributed by atoms with Gasteiger partial charge in [0, 0.05) is 0 Å². The summed E-state index contributed by atoms with van der Waals surface area (Å²) in [5.74, 6) is 0. The standard InChI is InChI=1S/C16H20N2/c17-11-9-13-5-1-3-7-15(13)16-8-4-2-6-14(16)10-12-18/h1-8H,9-12,17-18H2. The van der Waals surface area contributed by atoms with Crippen LogP contribution in [0.1, 0.15) is 11.1 Å². The maximum Gasteiger partial charge on any atom is -0.00365 e. The lowest BCUT2D eigenvalue weighted by molar-refractivity contribution is 0.960. The molecule has 2 heteroatoms. The molecular weight excluding hydrogens is 220 g/mol. The van der Waals surface area contributed by atoms with E-state index in [1.54, 1.807) is 0 Å². The smallest absolute Gasteiger partial charge is 0.00365 e. The Morgan fingerprint density at radius 2 is 1.00 bits per heavy atom. The van der Waals surface area contributed by atoms with Crippen LogP contribution in [-0.4, -0.2) is 13.1 Å². The molecule has 0 radical (unpaired) electrons. The highest BCUT2D eigenvalue weighted by atomic mass is 14.5. The maximum atomic E-state index is 5.68. The zero-order valence-corrected chi connectivity index (χ0v) is 10.6. The molecule has 0 atom stereocenters. The Kier molecular flexibility index (Phi) is 4.51. The predicted molar refractivity (Wildman–Crippen MR) is 77.4 cm³/mol. The Morgan fingerprint density at radius 1 is 0.611 bits per heavy atom. The second-order valence-corrected chi connectivity index (χ2v) is 4.39. The summed E-state index contributed by atoms with van der Waals surface area (Å²) in [6.45, 7) is 1.35. The van der Waals surface area contributed by atoms with Crippen molar-refractivity contribution in [1.82, 2.24) is 0 Å². The lowest BCUT2D eigenvalue weighted by Crippen LogP contribution is -2.06. The fourth-order valence-electron chi connectivity index (χ4n) is 2.31. The van der Waals surface area contributed by atoms with Crippen molar-refractivity contribution in [2.24, 2.45) is 11.5 Å². The summed E-state index contributed by atoms with van der Waals surface area (Å²) in [5, 5.41) is 0. The molecule has 2 aromatic rings. The highest BCUT2D eigenvalue weighted by Crippen LogP contribution is 2.27. The minimum atomic E-state index is 0.677. The summed E-state index contributed by atoms with van der Waals surface area (Å²) in [6.07, 6.45) is 1.82. The average molecular weight is 240 g/mol. The van der Waals surface area contributed by atoms with Crippen LogP contribution in [-0.2, 0) is 12.8 Å². The van der Waals surface area contributed by atoms with Crippen molar-refractivity contribution >= 4 is 0 Å². The summed E-state index contributed by atoms with van der Waals surface area (Å²) in [4.78, 5) is 0. The highest BCUT2D eigenvalue weighted by molar-refractivity contribution is 5.70. The topological polar surface area (TPSA) is 52.0 Å². The van der Waals surface area contributed by atoms with E-state index < -0.39 is 0 Å². The molecule has 0 aromatic heterocycles. The van der Waals surface area contributed by atoms with Crippen LogP contribution in [0.4, 0.5) is 0 Å². The van der Waals surface area contributed by atoms with Gasteiger partial charge in [-0.05, 0) is 48.2 Å². The van der Waals surface area contributed by atoms with E-state index in [1.807, 2.05) is 0 Å². The van der Waals surface area contributed by atoms with Gasteiger partial charge in [0.25, 0.3) is 0 Å². The molecule has 2 rings (SSSR count). The number of rotatable bonds is 5. The number of benzene rings is 2. The monoisotopic (exact) mass is 240 g/mol. The number of hydrogen-bond donors (Lipinski definition) is 2. The molecule has 2 aromatic carbocycles. The first kappa shape index (κ1) is 12.8. The van der Waals surface area contributed by atoms with Crippen molar-refractivity contribution in [3.8, 4) is 11.1 Å². The third kappa shape index (κ3) is 2.78. The van der Waals surface area contributed by atoms with Crippen LogP contribution in [0, 0.1) is 0 Å². The molecule has 18 heavy (non-hydrogen) atoms. The van der Waals surface area contributed by atoms with Gasteiger partial charge in [0.1, 0.15) is 0 Å². The molecule has 0 amide bonds. The van der Waals surface area contributed by atoms with Crippen LogP contribution in [0.15, 0.2) is 48.5 Å². The average Bonchev–Trinajstić information content (AvgIpc) is 2.41. The number of nitrogens with two attached hydrogens (primary N) is 2. The van der Waals surface area contributed by atoms with E-state index >= 15 is 0 Å². The van der Waals surface area contributed by atoms with E-state index in [-0.39, 0.29) is 0 Å². The third-order valence-electron chi connectivity index (χ3n) is 3.15. The Bertz CT molecular complexity index is 458. The van der Waals surface area contributed by atoms with Crippen molar-refractivity contribution in [3.63, 3.8) is 0 Å². The minimum absolute atomic E-state index is 0.677. The van der Waals surface area contributed by atoms with Gasteiger partial charge < -0.3 is 11.5 Å². The molecule has 0 bridgehead atoms. The van der Waals surface area contributed by atoms with Crippen molar-refractivity contribution in [2.45, 2.75) is 12.8 Å². The van der Waals surface area contributed by atoms with Gasteiger partial charge in [-0.15, -0.1) is 0 Å². The minimum Gasteiger partial charge on any atom is -0.330 e. The third-order valence-corrected chi connectivity index (χ3v) is 3.15. The SMILES string of the molecule is NCCc1ccccc1-c1ccccc1CCN. The highest BCUT2D eigenvalue weighted by Gasteiger charge is 2.07. The molecule has 2 nitrogen and oxygen atoms in total. The normalized spacial score (nSPS) is 10.6. The Hall–Kier alpha value is -1.64. The van der Waals surface area contributed by atoms with Crippen LogP contribution in [0.5, 0.6) is 0 Å². The van der Waals surface area contributed by atoms with Crippen molar-refractivity contribution in [2.75, 3.05) is 13.1 Å². The largest absolute Gasteiger partial charge is 0.330 e. The van der Waals surface area contributed by atoms with Gasteiger partial charge in [-0.25, -0.2) is 0 Å². The summed E-state index contributed by atoms with van der Waals surface area (Å²) in [7, 11) is 0. The van der Waals surface area contributed by atoms with Gasteiger partial charge in [0.05, 0.1) is 0 Å². The van der Waals surface area contributed by atoms with Crippen molar-refractivity contribution < 1.29 is 0 Å². The van der Waals surface area contributed by atoms with Crippen LogP contribution in [0.2, 0.25) is 0 Å². The van der Waals surface area contributed by atoms with Crippen LogP contribution in [0.25, 0.3) is 11.1 Å². The van der Waals surface area contributed by atoms with E-state index in [4.69, 9.17) is 11.5 Å². The van der Waals surface area contributed by atoms with Gasteiger partial charge >= 0.3 is 0 Å². The molecule has 0 aliphatic rings. The van der Waals surface area contributed by atoms with E-state index in [0.29, 0.717) is 13.1 Å². The molecule has 0 heterocycles. The first-order chi connectivity index (χ1) is 8.86. The van der Waals surface area contributed by atoms with Gasteiger partial charge in [0.2, 0.25) is 0 Å². The fourth-order valence-corrected chi connectivity index (χ4v) is 2.31. The molecule has 0 fully saturated rings. The molecule has 0 saturated heterocycles.